The fourth-order valence-corrected chi connectivity index (χ4v) is 5.57. The molecule has 0 spiro atoms. The average molecular weight is 485 g/mol. The molecule has 35 heavy (non-hydrogen) atoms. The highest BCUT2D eigenvalue weighted by molar-refractivity contribution is 5.97. The van der Waals surface area contributed by atoms with Gasteiger partial charge in [0.1, 0.15) is 5.82 Å². The zero-order valence-electron chi connectivity index (χ0n) is 20.9. The highest BCUT2D eigenvalue weighted by Crippen LogP contribution is 2.41. The molecule has 1 fully saturated rings. The molecule has 0 aliphatic carbocycles. The summed E-state index contributed by atoms with van der Waals surface area (Å²) in [5, 5.41) is 3.55. The number of nitrogens with one attached hydrogen (secondary N) is 1. The molecule has 9 heteroatoms. The molecule has 7 nitrogen and oxygen atoms in total. The molecule has 5 heterocycles. The zero-order valence-corrected chi connectivity index (χ0v) is 20.9. The minimum atomic E-state index is -3.01. The fourth-order valence-electron chi connectivity index (χ4n) is 5.57. The lowest BCUT2D eigenvalue weighted by molar-refractivity contribution is -0.120. The molecule has 1 amide bonds. The number of carbonyl (C=O) groups is 1. The van der Waals surface area contributed by atoms with Crippen molar-refractivity contribution in [1.29, 1.82) is 0 Å². The van der Waals surface area contributed by atoms with E-state index >= 15 is 0 Å². The monoisotopic (exact) mass is 484 g/mol. The van der Waals surface area contributed by atoms with Crippen LogP contribution in [0.3, 0.4) is 0 Å². The van der Waals surface area contributed by atoms with E-state index in [9.17, 15) is 13.6 Å². The van der Waals surface area contributed by atoms with Gasteiger partial charge in [-0.2, -0.15) is 0 Å². The Hall–Kier alpha value is -2.65. The summed E-state index contributed by atoms with van der Waals surface area (Å²) in [6.45, 7) is 10.9. The number of nitrogens with zero attached hydrogens (tertiary/aromatic N) is 5. The van der Waals surface area contributed by atoms with Crippen molar-refractivity contribution in [3.8, 4) is 0 Å². The molecule has 5 rings (SSSR count). The Balaban J connectivity index is 1.35. The van der Waals surface area contributed by atoms with Crippen LogP contribution >= 0.6 is 0 Å². The number of piperazine rings is 1. The van der Waals surface area contributed by atoms with Gasteiger partial charge in [0.25, 0.3) is 5.92 Å². The summed E-state index contributed by atoms with van der Waals surface area (Å²) >= 11 is 0. The van der Waals surface area contributed by atoms with E-state index in [0.717, 1.165) is 45.3 Å². The molecule has 2 aromatic rings. The minimum absolute atomic E-state index is 0.0748. The summed E-state index contributed by atoms with van der Waals surface area (Å²) in [7, 11) is 0. The molecule has 0 radical (unpaired) electrons. The summed E-state index contributed by atoms with van der Waals surface area (Å²) in [5.74, 6) is -2.05. The number of amides is 1. The summed E-state index contributed by atoms with van der Waals surface area (Å²) in [4.78, 5) is 28.8. The number of anilines is 2. The fraction of sp³-hybridized carbons (Fsp3) is 0.577. The van der Waals surface area contributed by atoms with Crippen molar-refractivity contribution >= 4 is 17.4 Å². The number of hydrogen-bond acceptors (Lipinski definition) is 6. The Morgan fingerprint density at radius 1 is 1.31 bits per heavy atom. The highest BCUT2D eigenvalue weighted by Gasteiger charge is 2.42. The minimum Gasteiger partial charge on any atom is -0.354 e. The van der Waals surface area contributed by atoms with Crippen LogP contribution in [0, 0.1) is 0 Å². The standard InChI is InChI=1S/C26H34F2N6O/c1-17-13-33(20(12-30-17)14-32-9-7-18-6-5-8-29-24(18)32)15-22(35)34-16-25(2,3)23-21(34)10-19(11-31-23)26(4,27)28/h5-6,8,10-11,17,20,30H,7,9,12-16H2,1-4H3/t17-,20-/m1/s1. The van der Waals surface area contributed by atoms with Gasteiger partial charge in [0.15, 0.2) is 0 Å². The molecule has 188 valence electrons. The van der Waals surface area contributed by atoms with Gasteiger partial charge >= 0.3 is 0 Å². The number of fused-ring (bicyclic) bond motifs is 2. The summed E-state index contributed by atoms with van der Waals surface area (Å²) in [5.41, 5.74) is 1.91. The predicted molar refractivity (Wildman–Crippen MR) is 132 cm³/mol. The second-order valence-electron chi connectivity index (χ2n) is 10.9. The van der Waals surface area contributed by atoms with Gasteiger partial charge in [0.05, 0.1) is 17.9 Å². The van der Waals surface area contributed by atoms with Crippen LogP contribution in [0.15, 0.2) is 30.6 Å². The van der Waals surface area contributed by atoms with E-state index in [4.69, 9.17) is 0 Å². The molecule has 0 aromatic carbocycles. The number of rotatable bonds is 5. The number of aromatic nitrogens is 2. The maximum absolute atomic E-state index is 14.0. The lowest BCUT2D eigenvalue weighted by atomic mass is 9.91. The van der Waals surface area contributed by atoms with Gasteiger partial charge < -0.3 is 15.1 Å². The SMILES string of the molecule is C[C@@H]1CN(CC(=O)N2CC(C)(C)c3ncc(C(C)(F)F)cc32)[C@@H](CN2CCc3cccnc32)CN1. The number of halogens is 2. The third-order valence-corrected chi connectivity index (χ3v) is 7.48. The Labute approximate surface area is 205 Å². The molecule has 1 N–H and O–H groups in total. The Morgan fingerprint density at radius 3 is 2.89 bits per heavy atom. The van der Waals surface area contributed by atoms with Crippen LogP contribution in [0.2, 0.25) is 0 Å². The Morgan fingerprint density at radius 2 is 2.11 bits per heavy atom. The first kappa shape index (κ1) is 24.1. The van der Waals surface area contributed by atoms with E-state index in [1.807, 2.05) is 26.1 Å². The second kappa shape index (κ2) is 8.78. The maximum atomic E-state index is 14.0. The van der Waals surface area contributed by atoms with E-state index in [0.29, 0.717) is 17.9 Å². The van der Waals surface area contributed by atoms with Crippen LogP contribution in [-0.4, -0.2) is 72.1 Å². The van der Waals surface area contributed by atoms with Crippen molar-refractivity contribution in [3.05, 3.63) is 47.4 Å². The molecule has 3 aliphatic rings. The first-order valence-corrected chi connectivity index (χ1v) is 12.4. The highest BCUT2D eigenvalue weighted by atomic mass is 19.3. The topological polar surface area (TPSA) is 64.6 Å². The van der Waals surface area contributed by atoms with Gasteiger partial charge in [0.2, 0.25) is 5.91 Å². The van der Waals surface area contributed by atoms with Crippen LogP contribution in [0.4, 0.5) is 20.3 Å². The molecule has 3 aliphatic heterocycles. The normalized spacial score (nSPS) is 23.9. The third kappa shape index (κ3) is 4.63. The van der Waals surface area contributed by atoms with Crippen molar-refractivity contribution in [2.45, 2.75) is 57.5 Å². The Bertz CT molecular complexity index is 1120. The maximum Gasteiger partial charge on any atom is 0.272 e. The number of alkyl halides is 2. The van der Waals surface area contributed by atoms with Crippen LogP contribution in [0.5, 0.6) is 0 Å². The van der Waals surface area contributed by atoms with Gasteiger partial charge in [-0.3, -0.25) is 14.7 Å². The van der Waals surface area contributed by atoms with Gasteiger partial charge in [-0.05, 0) is 31.0 Å². The summed E-state index contributed by atoms with van der Waals surface area (Å²) < 4.78 is 28.1. The molecule has 2 atom stereocenters. The number of hydrogen-bond donors (Lipinski definition) is 1. The molecular weight excluding hydrogens is 450 g/mol. The van der Waals surface area contributed by atoms with E-state index in [2.05, 4.69) is 38.1 Å². The lowest BCUT2D eigenvalue weighted by Crippen LogP contribution is -2.60. The van der Waals surface area contributed by atoms with Gasteiger partial charge in [-0.25, -0.2) is 13.8 Å². The van der Waals surface area contributed by atoms with E-state index in [1.165, 1.54) is 17.8 Å². The first-order chi connectivity index (χ1) is 16.5. The molecule has 1 saturated heterocycles. The number of pyridine rings is 2. The van der Waals surface area contributed by atoms with Crippen LogP contribution in [-0.2, 0) is 22.6 Å². The van der Waals surface area contributed by atoms with E-state index in [-0.39, 0.29) is 30.1 Å². The van der Waals surface area contributed by atoms with Crippen molar-refractivity contribution in [2.75, 3.05) is 49.1 Å². The van der Waals surface area contributed by atoms with Crippen molar-refractivity contribution in [3.63, 3.8) is 0 Å². The molecule has 0 unspecified atom stereocenters. The largest absolute Gasteiger partial charge is 0.354 e. The summed E-state index contributed by atoms with van der Waals surface area (Å²) in [6, 6.07) is 5.94. The quantitative estimate of drug-likeness (QED) is 0.704. The van der Waals surface area contributed by atoms with Crippen LogP contribution in [0.1, 0.15) is 44.5 Å². The number of carbonyl (C=O) groups excluding carboxylic acids is 1. The van der Waals surface area contributed by atoms with Gasteiger partial charge in [-0.1, -0.05) is 19.9 Å². The van der Waals surface area contributed by atoms with E-state index < -0.39 is 11.3 Å². The predicted octanol–water partition coefficient (Wildman–Crippen LogP) is 2.94. The first-order valence-electron chi connectivity index (χ1n) is 12.4. The molecule has 0 saturated carbocycles. The van der Waals surface area contributed by atoms with Crippen LogP contribution in [0.25, 0.3) is 0 Å². The molecular formula is C26H34F2N6O. The molecule has 2 aromatic heterocycles. The van der Waals surface area contributed by atoms with Crippen LogP contribution < -0.4 is 15.1 Å². The zero-order chi connectivity index (χ0) is 25.0. The van der Waals surface area contributed by atoms with Crippen molar-refractivity contribution in [2.24, 2.45) is 0 Å². The van der Waals surface area contributed by atoms with Crippen molar-refractivity contribution < 1.29 is 13.6 Å². The van der Waals surface area contributed by atoms with Gasteiger partial charge in [0, 0.05) is 75.1 Å². The lowest BCUT2D eigenvalue weighted by Gasteiger charge is -2.41. The average Bonchev–Trinajstić information content (AvgIpc) is 3.33. The molecule has 0 bridgehead atoms. The third-order valence-electron chi connectivity index (χ3n) is 7.48. The van der Waals surface area contributed by atoms with Crippen molar-refractivity contribution in [1.82, 2.24) is 20.2 Å². The summed E-state index contributed by atoms with van der Waals surface area (Å²) in [6.07, 6.45) is 4.05. The second-order valence-corrected chi connectivity index (χ2v) is 10.9. The van der Waals surface area contributed by atoms with Gasteiger partial charge in [-0.15, -0.1) is 0 Å². The smallest absolute Gasteiger partial charge is 0.272 e. The van der Waals surface area contributed by atoms with E-state index in [1.54, 1.807) is 4.90 Å². The Kier molecular flexibility index (Phi) is 6.04.